The molecule has 21 heavy (non-hydrogen) atoms. The molecule has 2 heterocycles. The summed E-state index contributed by atoms with van der Waals surface area (Å²) in [5.41, 5.74) is 2.27. The van der Waals surface area contributed by atoms with Gasteiger partial charge in [0.05, 0.1) is 5.69 Å². The Kier molecular flexibility index (Phi) is 3.17. The third-order valence-electron chi connectivity index (χ3n) is 3.41. The SMILES string of the molecule is Cc1nc2ccc(F)cn2c1C(=O)N(C)c1ccccc1. The lowest BCUT2D eigenvalue weighted by atomic mass is 10.2. The van der Waals surface area contributed by atoms with E-state index in [9.17, 15) is 9.18 Å². The van der Waals surface area contributed by atoms with E-state index in [0.717, 1.165) is 5.69 Å². The van der Waals surface area contributed by atoms with Crippen molar-refractivity contribution in [1.29, 1.82) is 0 Å². The first-order chi connectivity index (χ1) is 10.1. The molecule has 0 radical (unpaired) electrons. The van der Waals surface area contributed by atoms with Gasteiger partial charge in [-0.15, -0.1) is 0 Å². The summed E-state index contributed by atoms with van der Waals surface area (Å²) in [7, 11) is 1.69. The zero-order valence-corrected chi connectivity index (χ0v) is 11.7. The van der Waals surface area contributed by atoms with Crippen LogP contribution in [0.25, 0.3) is 5.65 Å². The molecule has 0 unspecified atom stereocenters. The number of aromatic nitrogens is 2. The predicted octanol–water partition coefficient (Wildman–Crippen LogP) is 3.06. The fourth-order valence-electron chi connectivity index (χ4n) is 2.32. The Balaban J connectivity index is 2.09. The smallest absolute Gasteiger partial charge is 0.276 e. The third kappa shape index (κ3) is 2.27. The molecule has 0 fully saturated rings. The Morgan fingerprint density at radius 3 is 2.62 bits per heavy atom. The number of amides is 1. The van der Waals surface area contributed by atoms with Crippen molar-refractivity contribution >= 4 is 17.2 Å². The molecular formula is C16H14FN3O. The largest absolute Gasteiger partial charge is 0.310 e. The number of pyridine rings is 1. The Morgan fingerprint density at radius 2 is 1.90 bits per heavy atom. The van der Waals surface area contributed by atoms with E-state index in [1.807, 2.05) is 30.3 Å². The van der Waals surface area contributed by atoms with E-state index in [0.29, 0.717) is 17.0 Å². The number of hydrogen-bond acceptors (Lipinski definition) is 2. The van der Waals surface area contributed by atoms with E-state index >= 15 is 0 Å². The molecule has 0 aliphatic rings. The topological polar surface area (TPSA) is 37.6 Å². The van der Waals surface area contributed by atoms with E-state index < -0.39 is 5.82 Å². The molecule has 0 saturated carbocycles. The number of carbonyl (C=O) groups is 1. The molecule has 1 amide bonds. The normalized spacial score (nSPS) is 10.8. The van der Waals surface area contributed by atoms with E-state index in [-0.39, 0.29) is 5.91 Å². The van der Waals surface area contributed by atoms with Gasteiger partial charge in [-0.1, -0.05) is 18.2 Å². The van der Waals surface area contributed by atoms with Crippen LogP contribution in [0.5, 0.6) is 0 Å². The number of hydrogen-bond donors (Lipinski definition) is 0. The number of nitrogens with zero attached hydrogens (tertiary/aromatic N) is 3. The Bertz CT molecular complexity index is 811. The van der Waals surface area contributed by atoms with Gasteiger partial charge in [0.25, 0.3) is 5.91 Å². The van der Waals surface area contributed by atoms with Crippen LogP contribution in [0.2, 0.25) is 0 Å². The summed E-state index contributed by atoms with van der Waals surface area (Å²) in [6.45, 7) is 1.75. The Morgan fingerprint density at radius 1 is 1.19 bits per heavy atom. The summed E-state index contributed by atoms with van der Waals surface area (Å²) >= 11 is 0. The fourth-order valence-corrected chi connectivity index (χ4v) is 2.32. The second-order valence-electron chi connectivity index (χ2n) is 4.82. The lowest BCUT2D eigenvalue weighted by Gasteiger charge is -2.17. The average molecular weight is 283 g/mol. The van der Waals surface area contributed by atoms with Gasteiger partial charge in [-0.2, -0.15) is 0 Å². The van der Waals surface area contributed by atoms with Gasteiger partial charge in [0.15, 0.2) is 0 Å². The zero-order chi connectivity index (χ0) is 15.0. The van der Waals surface area contributed by atoms with Crippen LogP contribution in [0.15, 0.2) is 48.7 Å². The number of anilines is 1. The summed E-state index contributed by atoms with van der Waals surface area (Å²) in [4.78, 5) is 18.5. The molecule has 3 rings (SSSR count). The van der Waals surface area contributed by atoms with Gasteiger partial charge < -0.3 is 4.90 Å². The van der Waals surface area contributed by atoms with Crippen LogP contribution in [-0.2, 0) is 0 Å². The molecule has 0 aliphatic heterocycles. The monoisotopic (exact) mass is 283 g/mol. The average Bonchev–Trinajstić information content (AvgIpc) is 2.82. The predicted molar refractivity (Wildman–Crippen MR) is 79.1 cm³/mol. The van der Waals surface area contributed by atoms with Gasteiger partial charge >= 0.3 is 0 Å². The van der Waals surface area contributed by atoms with Crippen molar-refractivity contribution in [3.05, 3.63) is 65.9 Å². The van der Waals surface area contributed by atoms with Crippen LogP contribution < -0.4 is 4.90 Å². The first-order valence-electron chi connectivity index (χ1n) is 6.55. The minimum Gasteiger partial charge on any atom is -0.310 e. The highest BCUT2D eigenvalue weighted by atomic mass is 19.1. The van der Waals surface area contributed by atoms with Gasteiger partial charge in [-0.05, 0) is 31.2 Å². The first-order valence-corrected chi connectivity index (χ1v) is 6.55. The second-order valence-corrected chi connectivity index (χ2v) is 4.82. The molecular weight excluding hydrogens is 269 g/mol. The van der Waals surface area contributed by atoms with Crippen molar-refractivity contribution in [3.63, 3.8) is 0 Å². The standard InChI is InChI=1S/C16H14FN3O/c1-11-15(20-10-12(17)8-9-14(20)18-11)16(21)19(2)13-6-4-3-5-7-13/h3-10H,1-2H3. The number of benzene rings is 1. The van der Waals surface area contributed by atoms with Crippen LogP contribution in [0.3, 0.4) is 0 Å². The molecule has 5 heteroatoms. The molecule has 1 aromatic carbocycles. The Labute approximate surface area is 121 Å². The molecule has 0 atom stereocenters. The van der Waals surface area contributed by atoms with Crippen LogP contribution >= 0.6 is 0 Å². The van der Waals surface area contributed by atoms with Gasteiger partial charge in [0.1, 0.15) is 17.2 Å². The summed E-state index contributed by atoms with van der Waals surface area (Å²) in [5, 5.41) is 0. The number of imidazole rings is 1. The zero-order valence-electron chi connectivity index (χ0n) is 11.7. The number of aryl methyl sites for hydroxylation is 1. The molecule has 4 nitrogen and oxygen atoms in total. The van der Waals surface area contributed by atoms with Gasteiger partial charge in [-0.25, -0.2) is 9.37 Å². The maximum Gasteiger partial charge on any atom is 0.276 e. The van der Waals surface area contributed by atoms with Gasteiger partial charge in [0, 0.05) is 18.9 Å². The van der Waals surface area contributed by atoms with E-state index in [1.54, 1.807) is 20.0 Å². The van der Waals surface area contributed by atoms with Gasteiger partial charge in [-0.3, -0.25) is 9.20 Å². The Hall–Kier alpha value is -2.69. The van der Waals surface area contributed by atoms with Crippen molar-refractivity contribution in [2.75, 3.05) is 11.9 Å². The number of rotatable bonds is 2. The molecule has 2 aromatic heterocycles. The van der Waals surface area contributed by atoms with Crippen LogP contribution in [-0.4, -0.2) is 22.3 Å². The summed E-state index contributed by atoms with van der Waals surface area (Å²) < 4.78 is 14.9. The molecule has 0 N–H and O–H groups in total. The van der Waals surface area contributed by atoms with Crippen molar-refractivity contribution in [2.24, 2.45) is 0 Å². The molecule has 0 spiro atoms. The summed E-state index contributed by atoms with van der Waals surface area (Å²) in [6.07, 6.45) is 1.28. The van der Waals surface area contributed by atoms with Crippen LogP contribution in [0.4, 0.5) is 10.1 Å². The minimum absolute atomic E-state index is 0.225. The number of fused-ring (bicyclic) bond motifs is 1. The number of carbonyl (C=O) groups excluding carboxylic acids is 1. The van der Waals surface area contributed by atoms with E-state index in [1.165, 1.54) is 21.6 Å². The van der Waals surface area contributed by atoms with Crippen LogP contribution in [0.1, 0.15) is 16.2 Å². The first kappa shape index (κ1) is 13.3. The maximum absolute atomic E-state index is 13.4. The molecule has 0 saturated heterocycles. The maximum atomic E-state index is 13.4. The highest BCUT2D eigenvalue weighted by molar-refractivity contribution is 6.05. The summed E-state index contributed by atoms with van der Waals surface area (Å²) in [6, 6.07) is 12.2. The second kappa shape index (κ2) is 5.01. The van der Waals surface area contributed by atoms with Crippen LogP contribution in [0, 0.1) is 12.7 Å². The van der Waals surface area contributed by atoms with Gasteiger partial charge in [0.2, 0.25) is 0 Å². The number of halogens is 1. The van der Waals surface area contributed by atoms with Crippen molar-refractivity contribution in [2.45, 2.75) is 6.92 Å². The molecule has 0 bridgehead atoms. The minimum atomic E-state index is -0.406. The molecule has 3 aromatic rings. The van der Waals surface area contributed by atoms with Crippen molar-refractivity contribution in [3.8, 4) is 0 Å². The van der Waals surface area contributed by atoms with E-state index in [2.05, 4.69) is 4.98 Å². The molecule has 0 aliphatic carbocycles. The fraction of sp³-hybridized carbons (Fsp3) is 0.125. The van der Waals surface area contributed by atoms with E-state index in [4.69, 9.17) is 0 Å². The third-order valence-corrected chi connectivity index (χ3v) is 3.41. The lowest BCUT2D eigenvalue weighted by Crippen LogP contribution is -2.28. The highest BCUT2D eigenvalue weighted by Gasteiger charge is 2.21. The number of para-hydroxylation sites is 1. The highest BCUT2D eigenvalue weighted by Crippen LogP contribution is 2.19. The van der Waals surface area contributed by atoms with Crippen molar-refractivity contribution in [1.82, 2.24) is 9.38 Å². The van der Waals surface area contributed by atoms with Crippen molar-refractivity contribution < 1.29 is 9.18 Å². The quantitative estimate of drug-likeness (QED) is 0.725. The lowest BCUT2D eigenvalue weighted by molar-refractivity contribution is 0.0986. The molecule has 106 valence electrons. The summed E-state index contributed by atoms with van der Waals surface area (Å²) in [5.74, 6) is -0.631.